The van der Waals surface area contributed by atoms with Gasteiger partial charge in [-0.1, -0.05) is 0 Å². The van der Waals surface area contributed by atoms with Crippen molar-refractivity contribution in [3.05, 3.63) is 24.3 Å². The molecule has 0 spiro atoms. The largest absolute Gasteiger partial charge is 0.481 e. The van der Waals surface area contributed by atoms with E-state index in [0.717, 1.165) is 0 Å². The molecule has 2 heterocycles. The van der Waals surface area contributed by atoms with Crippen LogP contribution in [0.2, 0.25) is 0 Å². The fourth-order valence-corrected chi connectivity index (χ4v) is 5.15. The van der Waals surface area contributed by atoms with Gasteiger partial charge in [0.05, 0.1) is 28.9 Å². The van der Waals surface area contributed by atoms with E-state index in [-0.39, 0.29) is 11.0 Å². The Balaban J connectivity index is 1.72. The van der Waals surface area contributed by atoms with Crippen molar-refractivity contribution < 1.29 is 27.9 Å². The van der Waals surface area contributed by atoms with Crippen LogP contribution >= 0.6 is 0 Å². The number of aliphatic carboxylic acids is 1. The van der Waals surface area contributed by atoms with Gasteiger partial charge in [0, 0.05) is 11.2 Å². The molecule has 2 aliphatic rings. The summed E-state index contributed by atoms with van der Waals surface area (Å²) in [6.45, 7) is 5.24. The number of anilines is 1. The highest BCUT2D eigenvalue weighted by molar-refractivity contribution is 7.89. The molecule has 2 bridgehead atoms. The lowest BCUT2D eigenvalue weighted by Gasteiger charge is -2.24. The average Bonchev–Trinajstić information content (AvgIpc) is 3.14. The van der Waals surface area contributed by atoms with Gasteiger partial charge < -0.3 is 15.2 Å². The Morgan fingerprint density at radius 1 is 1.07 bits per heavy atom. The van der Waals surface area contributed by atoms with Crippen molar-refractivity contribution >= 4 is 27.6 Å². The zero-order valence-corrected chi connectivity index (χ0v) is 16.2. The van der Waals surface area contributed by atoms with Crippen LogP contribution in [-0.4, -0.2) is 43.1 Å². The maximum atomic E-state index is 12.6. The summed E-state index contributed by atoms with van der Waals surface area (Å²) >= 11 is 0. The van der Waals surface area contributed by atoms with Gasteiger partial charge in [-0.25, -0.2) is 13.1 Å². The number of hydrogen-bond donors (Lipinski definition) is 3. The molecule has 0 saturated carbocycles. The normalized spacial score (nSPS) is 27.5. The van der Waals surface area contributed by atoms with Crippen molar-refractivity contribution in [2.24, 2.45) is 11.8 Å². The van der Waals surface area contributed by atoms with Crippen LogP contribution in [0.15, 0.2) is 29.2 Å². The smallest absolute Gasteiger partial charge is 0.310 e. The van der Waals surface area contributed by atoms with Gasteiger partial charge in [0.15, 0.2) is 0 Å². The molecule has 2 fully saturated rings. The molecular weight excluding hydrogens is 372 g/mol. The number of hydrogen-bond acceptors (Lipinski definition) is 5. The minimum absolute atomic E-state index is 0.0853. The molecule has 1 aromatic carbocycles. The summed E-state index contributed by atoms with van der Waals surface area (Å²) in [5, 5.41) is 12.1. The molecule has 148 valence electrons. The Morgan fingerprint density at radius 3 is 2.15 bits per heavy atom. The Labute approximate surface area is 158 Å². The molecule has 0 aromatic heterocycles. The van der Waals surface area contributed by atoms with Gasteiger partial charge in [-0.2, -0.15) is 0 Å². The van der Waals surface area contributed by atoms with Crippen LogP contribution in [0.3, 0.4) is 0 Å². The summed E-state index contributed by atoms with van der Waals surface area (Å²) < 4.78 is 32.8. The summed E-state index contributed by atoms with van der Waals surface area (Å²) in [7, 11) is -3.67. The van der Waals surface area contributed by atoms with Crippen LogP contribution < -0.4 is 10.0 Å². The first-order chi connectivity index (χ1) is 12.5. The van der Waals surface area contributed by atoms with Crippen molar-refractivity contribution in [1.82, 2.24) is 4.72 Å². The Hall–Kier alpha value is -1.97. The molecule has 4 atom stereocenters. The van der Waals surface area contributed by atoms with E-state index in [1.807, 2.05) is 0 Å². The SMILES string of the molecule is CC(C)(C)NS(=O)(=O)c1ccc(NC(=O)[C@H]2[C@@H](C(=O)O)[C@@H]3CC[C@H]2O3)cc1. The number of carbonyl (C=O) groups excluding carboxylic acids is 1. The minimum atomic E-state index is -3.67. The van der Waals surface area contributed by atoms with Crippen molar-refractivity contribution in [2.75, 3.05) is 5.32 Å². The predicted molar refractivity (Wildman–Crippen MR) is 97.7 cm³/mol. The fourth-order valence-electron chi connectivity index (χ4n) is 3.73. The summed E-state index contributed by atoms with van der Waals surface area (Å²) in [6.07, 6.45) is 0.520. The number of carboxylic acids is 1. The minimum Gasteiger partial charge on any atom is -0.481 e. The molecule has 0 radical (unpaired) electrons. The first kappa shape index (κ1) is 19.8. The van der Waals surface area contributed by atoms with Crippen LogP contribution in [0.4, 0.5) is 5.69 Å². The van der Waals surface area contributed by atoms with E-state index in [0.29, 0.717) is 18.5 Å². The highest BCUT2D eigenvalue weighted by atomic mass is 32.2. The van der Waals surface area contributed by atoms with E-state index in [2.05, 4.69) is 10.0 Å². The number of ether oxygens (including phenoxy) is 1. The lowest BCUT2D eigenvalue weighted by molar-refractivity contribution is -0.147. The molecule has 2 aliphatic heterocycles. The third kappa shape index (κ3) is 4.15. The number of fused-ring (bicyclic) bond motifs is 2. The van der Waals surface area contributed by atoms with E-state index < -0.39 is 45.4 Å². The summed E-state index contributed by atoms with van der Waals surface area (Å²) in [4.78, 5) is 24.2. The molecule has 0 aliphatic carbocycles. The number of amides is 1. The highest BCUT2D eigenvalue weighted by Gasteiger charge is 2.55. The zero-order chi connectivity index (χ0) is 20.0. The number of sulfonamides is 1. The van der Waals surface area contributed by atoms with Crippen LogP contribution in [0.1, 0.15) is 33.6 Å². The second kappa shape index (κ2) is 6.88. The molecule has 3 rings (SSSR count). The van der Waals surface area contributed by atoms with E-state index in [1.54, 1.807) is 20.8 Å². The van der Waals surface area contributed by atoms with E-state index in [4.69, 9.17) is 4.74 Å². The fraction of sp³-hybridized carbons (Fsp3) is 0.556. The maximum Gasteiger partial charge on any atom is 0.310 e. The monoisotopic (exact) mass is 396 g/mol. The first-order valence-electron chi connectivity index (χ1n) is 8.81. The number of carboxylic acid groups (broad SMARTS) is 1. The highest BCUT2D eigenvalue weighted by Crippen LogP contribution is 2.44. The van der Waals surface area contributed by atoms with Gasteiger partial charge in [-0.05, 0) is 57.9 Å². The van der Waals surface area contributed by atoms with Gasteiger partial charge in [0.1, 0.15) is 0 Å². The number of nitrogens with one attached hydrogen (secondary N) is 2. The zero-order valence-electron chi connectivity index (χ0n) is 15.4. The standard InChI is InChI=1S/C18H24N2O6S/c1-18(2,3)20-27(24,25)11-6-4-10(5-7-11)19-16(21)14-12-8-9-13(26-12)15(14)17(22)23/h4-7,12-15,20H,8-9H2,1-3H3,(H,19,21)(H,22,23)/t12-,13+,14-,15+/m1/s1. The predicted octanol–water partition coefficient (Wildman–Crippen LogP) is 1.58. The molecule has 2 saturated heterocycles. The first-order valence-corrected chi connectivity index (χ1v) is 10.3. The number of benzene rings is 1. The van der Waals surface area contributed by atoms with Crippen molar-refractivity contribution in [2.45, 2.75) is 56.3 Å². The van der Waals surface area contributed by atoms with Crippen molar-refractivity contribution in [1.29, 1.82) is 0 Å². The molecule has 3 N–H and O–H groups in total. The molecule has 1 amide bonds. The van der Waals surface area contributed by atoms with Crippen molar-refractivity contribution in [3.8, 4) is 0 Å². The molecule has 0 unspecified atom stereocenters. The van der Waals surface area contributed by atoms with Gasteiger partial charge in [-0.15, -0.1) is 0 Å². The molecule has 27 heavy (non-hydrogen) atoms. The van der Waals surface area contributed by atoms with E-state index in [9.17, 15) is 23.1 Å². The number of carbonyl (C=O) groups is 2. The Bertz CT molecular complexity index is 844. The molecule has 1 aromatic rings. The third-order valence-electron chi connectivity index (χ3n) is 4.73. The lowest BCUT2D eigenvalue weighted by Crippen LogP contribution is -2.41. The summed E-state index contributed by atoms with van der Waals surface area (Å²) in [5.41, 5.74) is -0.207. The van der Waals surface area contributed by atoms with Crippen LogP contribution in [0, 0.1) is 11.8 Å². The van der Waals surface area contributed by atoms with E-state index in [1.165, 1.54) is 24.3 Å². The Morgan fingerprint density at radius 2 is 1.63 bits per heavy atom. The van der Waals surface area contributed by atoms with Gasteiger partial charge in [0.2, 0.25) is 15.9 Å². The van der Waals surface area contributed by atoms with Gasteiger partial charge >= 0.3 is 5.97 Å². The Kier molecular flexibility index (Phi) is 5.04. The number of rotatable bonds is 5. The average molecular weight is 396 g/mol. The maximum absolute atomic E-state index is 12.6. The molecular formula is C18H24N2O6S. The van der Waals surface area contributed by atoms with Crippen LogP contribution in [0.5, 0.6) is 0 Å². The van der Waals surface area contributed by atoms with Crippen LogP contribution in [0.25, 0.3) is 0 Å². The van der Waals surface area contributed by atoms with Gasteiger partial charge in [0.25, 0.3) is 0 Å². The second-order valence-corrected chi connectivity index (χ2v) is 9.73. The third-order valence-corrected chi connectivity index (χ3v) is 6.51. The summed E-state index contributed by atoms with van der Waals surface area (Å²) in [5.74, 6) is -3.04. The van der Waals surface area contributed by atoms with Crippen molar-refractivity contribution in [3.63, 3.8) is 0 Å². The molecule has 9 heteroatoms. The van der Waals surface area contributed by atoms with Gasteiger partial charge in [-0.3, -0.25) is 9.59 Å². The quantitative estimate of drug-likeness (QED) is 0.695. The van der Waals surface area contributed by atoms with E-state index >= 15 is 0 Å². The second-order valence-electron chi connectivity index (χ2n) is 8.05. The summed E-state index contributed by atoms with van der Waals surface area (Å²) in [6, 6.07) is 5.77. The molecule has 8 nitrogen and oxygen atoms in total. The lowest BCUT2D eigenvalue weighted by atomic mass is 9.78. The topological polar surface area (TPSA) is 122 Å². The van der Waals surface area contributed by atoms with Crippen LogP contribution in [-0.2, 0) is 24.3 Å².